The topological polar surface area (TPSA) is 64.1 Å². The van der Waals surface area contributed by atoms with E-state index in [1.807, 2.05) is 54.6 Å². The Bertz CT molecular complexity index is 1240. The summed E-state index contributed by atoms with van der Waals surface area (Å²) >= 11 is 3.25. The quantitative estimate of drug-likeness (QED) is 0.305. The lowest BCUT2D eigenvalue weighted by atomic mass is 10.1. The van der Waals surface area contributed by atoms with Crippen LogP contribution in [0.2, 0.25) is 0 Å². The molecular weight excluding hydrogens is 426 g/mol. The molecule has 1 N–H and O–H groups in total. The maximum absolute atomic E-state index is 13.4. The third kappa shape index (κ3) is 4.03. The molecule has 1 amide bonds. The number of anilines is 1. The van der Waals surface area contributed by atoms with E-state index in [-0.39, 0.29) is 5.91 Å². The van der Waals surface area contributed by atoms with Crippen molar-refractivity contribution in [1.29, 1.82) is 0 Å². The predicted molar refractivity (Wildman–Crippen MR) is 126 cm³/mol. The minimum Gasteiger partial charge on any atom is -0.497 e. The number of ether oxygens (including phenoxy) is 1. The molecule has 31 heavy (non-hydrogen) atoms. The standard InChI is InChI=1S/C24H21N3O2S2/c1-29-17-10-5-9-16(13-17)27-22(28)21(15-7-3-2-4-8-15)31-24-20-18-11-6-12-19(18)30-23(20)25-14-26-24/h2-5,7-10,13-14,21H,6,11-12H2,1H3,(H,27,28). The van der Waals surface area contributed by atoms with E-state index in [0.29, 0.717) is 11.4 Å². The Morgan fingerprint density at radius 3 is 2.84 bits per heavy atom. The zero-order chi connectivity index (χ0) is 21.2. The van der Waals surface area contributed by atoms with Crippen LogP contribution in [0.15, 0.2) is 66.0 Å². The first-order valence-corrected chi connectivity index (χ1v) is 11.8. The van der Waals surface area contributed by atoms with Gasteiger partial charge in [-0.05, 0) is 42.5 Å². The van der Waals surface area contributed by atoms with E-state index >= 15 is 0 Å². The number of benzene rings is 2. The van der Waals surface area contributed by atoms with Crippen molar-refractivity contribution in [2.45, 2.75) is 29.5 Å². The lowest BCUT2D eigenvalue weighted by Crippen LogP contribution is -2.19. The summed E-state index contributed by atoms with van der Waals surface area (Å²) in [6.07, 6.45) is 4.95. The van der Waals surface area contributed by atoms with Crippen LogP contribution in [0.5, 0.6) is 5.75 Å². The van der Waals surface area contributed by atoms with Gasteiger partial charge in [0.05, 0.1) is 7.11 Å². The van der Waals surface area contributed by atoms with E-state index in [9.17, 15) is 4.79 Å². The maximum Gasteiger partial charge on any atom is 0.242 e. The molecule has 0 fully saturated rings. The average Bonchev–Trinajstić information content (AvgIpc) is 3.39. The number of hydrogen-bond donors (Lipinski definition) is 1. The number of thioether (sulfide) groups is 1. The number of rotatable bonds is 6. The second kappa shape index (κ2) is 8.69. The summed E-state index contributed by atoms with van der Waals surface area (Å²) in [6, 6.07) is 17.2. The number of nitrogens with one attached hydrogen (secondary N) is 1. The van der Waals surface area contributed by atoms with Gasteiger partial charge in [-0.2, -0.15) is 0 Å². The third-order valence-corrected chi connectivity index (χ3v) is 7.83. The van der Waals surface area contributed by atoms with Gasteiger partial charge >= 0.3 is 0 Å². The van der Waals surface area contributed by atoms with Crippen molar-refractivity contribution in [1.82, 2.24) is 9.97 Å². The van der Waals surface area contributed by atoms with Gasteiger partial charge in [0.1, 0.15) is 27.2 Å². The van der Waals surface area contributed by atoms with Crippen LogP contribution in [0.3, 0.4) is 0 Å². The fourth-order valence-electron chi connectivity index (χ4n) is 3.91. The van der Waals surface area contributed by atoms with E-state index in [1.165, 1.54) is 28.6 Å². The molecule has 0 aliphatic heterocycles. The molecule has 2 aromatic heterocycles. The number of carbonyl (C=O) groups is 1. The van der Waals surface area contributed by atoms with E-state index < -0.39 is 5.25 Å². The summed E-state index contributed by atoms with van der Waals surface area (Å²) in [7, 11) is 1.61. The summed E-state index contributed by atoms with van der Waals surface area (Å²) in [5.74, 6) is 0.608. The van der Waals surface area contributed by atoms with Crippen LogP contribution in [0.25, 0.3) is 10.2 Å². The van der Waals surface area contributed by atoms with Gasteiger partial charge in [-0.25, -0.2) is 9.97 Å². The molecule has 4 aromatic rings. The monoisotopic (exact) mass is 447 g/mol. The highest BCUT2D eigenvalue weighted by Crippen LogP contribution is 2.44. The number of thiophene rings is 1. The predicted octanol–water partition coefficient (Wildman–Crippen LogP) is 5.66. The molecule has 156 valence electrons. The van der Waals surface area contributed by atoms with Crippen molar-refractivity contribution in [2.24, 2.45) is 0 Å². The van der Waals surface area contributed by atoms with Crippen molar-refractivity contribution in [3.05, 3.63) is 76.9 Å². The Morgan fingerprint density at radius 1 is 1.13 bits per heavy atom. The summed E-state index contributed by atoms with van der Waals surface area (Å²) in [5.41, 5.74) is 3.00. The van der Waals surface area contributed by atoms with E-state index in [4.69, 9.17) is 4.74 Å². The van der Waals surface area contributed by atoms with Crippen molar-refractivity contribution in [2.75, 3.05) is 12.4 Å². The number of methoxy groups -OCH3 is 1. The van der Waals surface area contributed by atoms with Crippen LogP contribution in [0.1, 0.15) is 27.7 Å². The number of aryl methyl sites for hydroxylation is 2. The second-order valence-electron chi connectivity index (χ2n) is 7.35. The molecule has 1 aliphatic carbocycles. The van der Waals surface area contributed by atoms with Crippen molar-refractivity contribution >= 4 is 44.9 Å². The van der Waals surface area contributed by atoms with Crippen molar-refractivity contribution in [3.8, 4) is 5.75 Å². The molecule has 2 heterocycles. The van der Waals surface area contributed by atoms with Gasteiger partial charge in [-0.3, -0.25) is 4.79 Å². The SMILES string of the molecule is COc1cccc(NC(=O)C(Sc2ncnc3sc4c(c23)CCC4)c2ccccc2)c1. The van der Waals surface area contributed by atoms with E-state index in [0.717, 1.165) is 33.6 Å². The molecule has 0 saturated carbocycles. The third-order valence-electron chi connectivity index (χ3n) is 5.37. The summed E-state index contributed by atoms with van der Waals surface area (Å²) < 4.78 is 5.29. The first kappa shape index (κ1) is 20.0. The Hall–Kier alpha value is -2.90. The summed E-state index contributed by atoms with van der Waals surface area (Å²) in [4.78, 5) is 24.9. The molecule has 5 rings (SSSR count). The fraction of sp³-hybridized carbons (Fsp3) is 0.208. The van der Waals surface area contributed by atoms with Crippen LogP contribution in [0.4, 0.5) is 5.69 Å². The summed E-state index contributed by atoms with van der Waals surface area (Å²) in [6.45, 7) is 0. The number of amides is 1. The Balaban J connectivity index is 1.50. The van der Waals surface area contributed by atoms with Crippen LogP contribution in [0, 0.1) is 0 Å². The number of carbonyl (C=O) groups excluding carboxylic acids is 1. The average molecular weight is 448 g/mol. The van der Waals surface area contributed by atoms with Crippen LogP contribution < -0.4 is 10.1 Å². The second-order valence-corrected chi connectivity index (χ2v) is 9.52. The van der Waals surface area contributed by atoms with E-state index in [1.54, 1.807) is 24.8 Å². The largest absolute Gasteiger partial charge is 0.497 e. The molecule has 2 aromatic carbocycles. The molecule has 1 unspecified atom stereocenters. The number of aromatic nitrogens is 2. The first-order valence-electron chi connectivity index (χ1n) is 10.1. The molecular formula is C24H21N3O2S2. The molecule has 0 radical (unpaired) electrons. The Labute approximate surface area is 188 Å². The molecule has 7 heteroatoms. The lowest BCUT2D eigenvalue weighted by Gasteiger charge is -2.17. The molecule has 0 saturated heterocycles. The minimum atomic E-state index is -0.442. The van der Waals surface area contributed by atoms with Gasteiger partial charge in [-0.1, -0.05) is 48.2 Å². The van der Waals surface area contributed by atoms with Crippen molar-refractivity contribution < 1.29 is 9.53 Å². The highest BCUT2D eigenvalue weighted by molar-refractivity contribution is 8.00. The zero-order valence-electron chi connectivity index (χ0n) is 17.0. The lowest BCUT2D eigenvalue weighted by molar-refractivity contribution is -0.115. The number of hydrogen-bond acceptors (Lipinski definition) is 6. The first-order chi connectivity index (χ1) is 15.2. The van der Waals surface area contributed by atoms with Crippen molar-refractivity contribution in [3.63, 3.8) is 0 Å². The van der Waals surface area contributed by atoms with Gasteiger partial charge in [0.2, 0.25) is 5.91 Å². The molecule has 1 aliphatic rings. The van der Waals surface area contributed by atoms with Crippen LogP contribution in [-0.2, 0) is 17.6 Å². The highest BCUT2D eigenvalue weighted by atomic mass is 32.2. The maximum atomic E-state index is 13.4. The van der Waals surface area contributed by atoms with Gasteiger partial charge in [0, 0.05) is 22.0 Å². The minimum absolute atomic E-state index is 0.0944. The molecule has 5 nitrogen and oxygen atoms in total. The normalized spacial score (nSPS) is 13.7. The number of fused-ring (bicyclic) bond motifs is 3. The van der Waals surface area contributed by atoms with Crippen LogP contribution >= 0.6 is 23.1 Å². The Morgan fingerprint density at radius 2 is 2.00 bits per heavy atom. The zero-order valence-corrected chi connectivity index (χ0v) is 18.6. The molecule has 0 bridgehead atoms. The highest BCUT2D eigenvalue weighted by Gasteiger charge is 2.27. The molecule has 0 spiro atoms. The smallest absolute Gasteiger partial charge is 0.242 e. The van der Waals surface area contributed by atoms with Gasteiger partial charge in [0.25, 0.3) is 0 Å². The van der Waals surface area contributed by atoms with Gasteiger partial charge in [-0.15, -0.1) is 11.3 Å². The Kier molecular flexibility index (Phi) is 5.61. The number of nitrogens with zero attached hydrogens (tertiary/aromatic N) is 2. The molecule has 1 atom stereocenters. The van der Waals surface area contributed by atoms with Gasteiger partial charge in [0.15, 0.2) is 0 Å². The van der Waals surface area contributed by atoms with Crippen LogP contribution in [-0.4, -0.2) is 23.0 Å². The fourth-order valence-corrected chi connectivity index (χ4v) is 6.33. The van der Waals surface area contributed by atoms with Gasteiger partial charge < -0.3 is 10.1 Å². The summed E-state index contributed by atoms with van der Waals surface area (Å²) in [5, 5.41) is 4.61. The van der Waals surface area contributed by atoms with E-state index in [2.05, 4.69) is 15.3 Å².